The number of nitrogens with one attached hydrogen (secondary N) is 2. The highest BCUT2D eigenvalue weighted by atomic mass is 16.2. The predicted octanol–water partition coefficient (Wildman–Crippen LogP) is 4.46. The maximum Gasteiger partial charge on any atom is 0.238 e. The van der Waals surface area contributed by atoms with Crippen LogP contribution in [0.5, 0.6) is 0 Å². The second-order valence-electron chi connectivity index (χ2n) is 7.87. The number of carbonyl (C=O) groups is 2. The number of hydrogen-bond donors (Lipinski definition) is 2. The number of rotatable bonds is 8. The summed E-state index contributed by atoms with van der Waals surface area (Å²) in [4.78, 5) is 26.6. The van der Waals surface area contributed by atoms with Gasteiger partial charge < -0.3 is 10.6 Å². The lowest BCUT2D eigenvalue weighted by Crippen LogP contribution is -2.39. The lowest BCUT2D eigenvalue weighted by molar-refractivity contribution is -0.118. The Labute approximate surface area is 173 Å². The third kappa shape index (κ3) is 7.02. The number of likely N-dealkylation sites (N-methyl/N-ethyl adjacent to an activating group) is 1. The van der Waals surface area contributed by atoms with Crippen LogP contribution < -0.4 is 10.6 Å². The molecule has 0 aliphatic heterocycles. The van der Waals surface area contributed by atoms with Gasteiger partial charge in [0.2, 0.25) is 11.8 Å². The summed E-state index contributed by atoms with van der Waals surface area (Å²) in [5.74, 6) is -0.0162. The van der Waals surface area contributed by atoms with Gasteiger partial charge in [-0.25, -0.2) is 0 Å². The number of amides is 2. The Morgan fingerprint density at radius 3 is 2.07 bits per heavy atom. The topological polar surface area (TPSA) is 61.4 Å². The molecule has 1 fully saturated rings. The predicted molar refractivity (Wildman–Crippen MR) is 118 cm³/mol. The van der Waals surface area contributed by atoms with Crippen molar-refractivity contribution in [2.75, 3.05) is 24.2 Å². The van der Waals surface area contributed by atoms with E-state index < -0.39 is 0 Å². The van der Waals surface area contributed by atoms with Crippen LogP contribution in [0.25, 0.3) is 0 Å². The van der Waals surface area contributed by atoms with Crippen LogP contribution in [0.3, 0.4) is 0 Å². The van der Waals surface area contributed by atoms with Gasteiger partial charge >= 0.3 is 0 Å². The van der Waals surface area contributed by atoms with Crippen LogP contribution in [0.2, 0.25) is 0 Å². The van der Waals surface area contributed by atoms with Gasteiger partial charge in [0.15, 0.2) is 0 Å². The highest BCUT2D eigenvalue weighted by Gasteiger charge is 2.19. The Hall–Kier alpha value is -2.66. The first kappa shape index (κ1) is 21.1. The molecule has 2 N–H and O–H groups in total. The third-order valence-electron chi connectivity index (χ3n) is 5.53. The van der Waals surface area contributed by atoms with Crippen molar-refractivity contribution in [3.63, 3.8) is 0 Å². The highest BCUT2D eigenvalue weighted by molar-refractivity contribution is 5.93. The fourth-order valence-corrected chi connectivity index (χ4v) is 3.84. The first-order valence-corrected chi connectivity index (χ1v) is 10.5. The normalized spacial score (nSPS) is 14.6. The van der Waals surface area contributed by atoms with Crippen LogP contribution in [0.1, 0.15) is 44.1 Å². The van der Waals surface area contributed by atoms with Gasteiger partial charge in [-0.05, 0) is 56.1 Å². The van der Waals surface area contributed by atoms with E-state index in [9.17, 15) is 9.59 Å². The molecule has 0 aromatic heterocycles. The van der Waals surface area contributed by atoms with E-state index in [2.05, 4.69) is 15.5 Å². The van der Waals surface area contributed by atoms with Crippen LogP contribution in [0.4, 0.5) is 11.4 Å². The van der Waals surface area contributed by atoms with Gasteiger partial charge in [0, 0.05) is 23.8 Å². The van der Waals surface area contributed by atoms with Gasteiger partial charge in [-0.1, -0.05) is 49.6 Å². The van der Waals surface area contributed by atoms with Gasteiger partial charge in [0.25, 0.3) is 0 Å². The SMILES string of the molecule is CN(CC(=O)Nc1ccc(NC(=O)CCc2ccccc2)cc1)C1CCCCC1. The van der Waals surface area contributed by atoms with E-state index in [1.807, 2.05) is 61.6 Å². The summed E-state index contributed by atoms with van der Waals surface area (Å²) in [6, 6.07) is 17.8. The van der Waals surface area contributed by atoms with Crippen LogP contribution in [-0.2, 0) is 16.0 Å². The van der Waals surface area contributed by atoms with Crippen molar-refractivity contribution in [1.82, 2.24) is 4.90 Å². The highest BCUT2D eigenvalue weighted by Crippen LogP contribution is 2.21. The monoisotopic (exact) mass is 393 g/mol. The van der Waals surface area contributed by atoms with E-state index in [-0.39, 0.29) is 11.8 Å². The number of aryl methyl sites for hydroxylation is 1. The molecule has 2 amide bonds. The van der Waals surface area contributed by atoms with Crippen LogP contribution in [0.15, 0.2) is 54.6 Å². The van der Waals surface area contributed by atoms with Crippen molar-refractivity contribution in [3.05, 3.63) is 60.2 Å². The zero-order chi connectivity index (χ0) is 20.5. The molecule has 5 nitrogen and oxygen atoms in total. The summed E-state index contributed by atoms with van der Waals surface area (Å²) in [5.41, 5.74) is 2.63. The van der Waals surface area contributed by atoms with Crippen molar-refractivity contribution in [2.24, 2.45) is 0 Å². The van der Waals surface area contributed by atoms with Gasteiger partial charge in [-0.15, -0.1) is 0 Å². The summed E-state index contributed by atoms with van der Waals surface area (Å²) < 4.78 is 0. The second-order valence-corrected chi connectivity index (χ2v) is 7.87. The molecule has 154 valence electrons. The number of benzene rings is 2. The molecule has 0 heterocycles. The Morgan fingerprint density at radius 2 is 1.45 bits per heavy atom. The first-order valence-electron chi connectivity index (χ1n) is 10.5. The quantitative estimate of drug-likeness (QED) is 0.696. The van der Waals surface area contributed by atoms with Crippen molar-refractivity contribution in [2.45, 2.75) is 51.0 Å². The Bertz CT molecular complexity index is 784. The summed E-state index contributed by atoms with van der Waals surface area (Å²) in [6.07, 6.45) is 7.35. The maximum atomic E-state index is 12.3. The molecule has 0 bridgehead atoms. The molecular weight excluding hydrogens is 362 g/mol. The fourth-order valence-electron chi connectivity index (χ4n) is 3.84. The molecule has 5 heteroatoms. The lowest BCUT2D eigenvalue weighted by Gasteiger charge is -2.30. The number of nitrogens with zero attached hydrogens (tertiary/aromatic N) is 1. The second kappa shape index (κ2) is 10.8. The number of anilines is 2. The summed E-state index contributed by atoms with van der Waals surface area (Å²) >= 11 is 0. The minimum absolute atomic E-state index is 0.00211. The van der Waals surface area contributed by atoms with Crippen molar-refractivity contribution >= 4 is 23.2 Å². The molecule has 0 radical (unpaired) electrons. The average Bonchev–Trinajstić information content (AvgIpc) is 2.75. The maximum absolute atomic E-state index is 12.3. The minimum Gasteiger partial charge on any atom is -0.326 e. The standard InChI is InChI=1S/C24H31N3O2/c1-27(22-10-6-3-7-11-22)18-24(29)26-21-15-13-20(14-16-21)25-23(28)17-12-19-8-4-2-5-9-19/h2,4-5,8-9,13-16,22H,3,6-7,10-12,17-18H2,1H3,(H,25,28)(H,26,29). The molecule has 2 aromatic carbocycles. The average molecular weight is 394 g/mol. The van der Waals surface area contributed by atoms with E-state index in [1.165, 1.54) is 32.1 Å². The molecule has 0 atom stereocenters. The Balaban J connectivity index is 1.42. The zero-order valence-corrected chi connectivity index (χ0v) is 17.2. The first-order chi connectivity index (χ1) is 14.1. The van der Waals surface area contributed by atoms with Crippen LogP contribution >= 0.6 is 0 Å². The lowest BCUT2D eigenvalue weighted by atomic mass is 9.94. The largest absolute Gasteiger partial charge is 0.326 e. The molecule has 3 rings (SSSR count). The molecule has 1 saturated carbocycles. The van der Waals surface area contributed by atoms with Crippen LogP contribution in [0, 0.1) is 0 Å². The van der Waals surface area contributed by atoms with E-state index in [0.717, 1.165) is 23.4 Å². The summed E-state index contributed by atoms with van der Waals surface area (Å²) in [6.45, 7) is 0.405. The molecule has 2 aromatic rings. The van der Waals surface area contributed by atoms with Gasteiger partial charge in [0.05, 0.1) is 6.54 Å². The van der Waals surface area contributed by atoms with E-state index in [0.29, 0.717) is 19.0 Å². The molecule has 0 saturated heterocycles. The van der Waals surface area contributed by atoms with Gasteiger partial charge in [-0.3, -0.25) is 14.5 Å². The Kier molecular flexibility index (Phi) is 7.82. The van der Waals surface area contributed by atoms with E-state index >= 15 is 0 Å². The molecule has 0 spiro atoms. The molecule has 29 heavy (non-hydrogen) atoms. The fraction of sp³-hybridized carbons (Fsp3) is 0.417. The zero-order valence-electron chi connectivity index (χ0n) is 17.2. The summed E-state index contributed by atoms with van der Waals surface area (Å²) in [5, 5.41) is 5.85. The minimum atomic E-state index is -0.0141. The van der Waals surface area contributed by atoms with E-state index in [1.54, 1.807) is 0 Å². The molecular formula is C24H31N3O2. The number of hydrogen-bond acceptors (Lipinski definition) is 3. The third-order valence-corrected chi connectivity index (χ3v) is 5.53. The smallest absolute Gasteiger partial charge is 0.238 e. The summed E-state index contributed by atoms with van der Waals surface area (Å²) in [7, 11) is 2.03. The Morgan fingerprint density at radius 1 is 0.862 bits per heavy atom. The molecule has 1 aliphatic carbocycles. The van der Waals surface area contributed by atoms with Gasteiger partial charge in [-0.2, -0.15) is 0 Å². The number of carbonyl (C=O) groups excluding carboxylic acids is 2. The van der Waals surface area contributed by atoms with Gasteiger partial charge in [0.1, 0.15) is 0 Å². The molecule has 0 unspecified atom stereocenters. The van der Waals surface area contributed by atoms with Crippen molar-refractivity contribution < 1.29 is 9.59 Å². The van der Waals surface area contributed by atoms with Crippen molar-refractivity contribution in [1.29, 1.82) is 0 Å². The van der Waals surface area contributed by atoms with E-state index in [4.69, 9.17) is 0 Å². The van der Waals surface area contributed by atoms with Crippen LogP contribution in [-0.4, -0.2) is 36.3 Å². The molecule has 1 aliphatic rings. The van der Waals surface area contributed by atoms with Crippen molar-refractivity contribution in [3.8, 4) is 0 Å².